The molecule has 1 aromatic heterocycles. The number of hydrogen-bond acceptors (Lipinski definition) is 4. The second-order valence-corrected chi connectivity index (χ2v) is 5.14. The third-order valence-corrected chi connectivity index (χ3v) is 3.80. The van der Waals surface area contributed by atoms with Crippen LogP contribution >= 0.6 is 11.6 Å². The van der Waals surface area contributed by atoms with Crippen LogP contribution in [0.1, 0.15) is 17.3 Å². The number of likely N-dealkylation sites (N-methyl/N-ethyl adjacent to an activating group) is 1. The highest BCUT2D eigenvalue weighted by Crippen LogP contribution is 2.30. The summed E-state index contributed by atoms with van der Waals surface area (Å²) < 4.78 is 12.4. The van der Waals surface area contributed by atoms with Gasteiger partial charge in [-0.2, -0.15) is 5.10 Å². The average Bonchev–Trinajstić information content (AvgIpc) is 2.83. The summed E-state index contributed by atoms with van der Waals surface area (Å²) >= 11 is 6.22. The number of nitrogens with zero attached hydrogens (tertiary/aromatic N) is 2. The normalized spacial score (nSPS) is 12.2. The molecule has 0 aliphatic heterocycles. The lowest BCUT2D eigenvalue weighted by Gasteiger charge is -2.18. The van der Waals surface area contributed by atoms with Crippen LogP contribution in [0.15, 0.2) is 24.4 Å². The monoisotopic (exact) mass is 309 g/mol. The Kier molecular flexibility index (Phi) is 5.09. The van der Waals surface area contributed by atoms with Crippen molar-refractivity contribution in [2.45, 2.75) is 12.5 Å². The largest absolute Gasteiger partial charge is 0.493 e. The van der Waals surface area contributed by atoms with E-state index in [0.717, 1.165) is 29.2 Å². The Hall–Kier alpha value is -1.72. The van der Waals surface area contributed by atoms with Gasteiger partial charge in [-0.3, -0.25) is 4.68 Å². The lowest BCUT2D eigenvalue weighted by molar-refractivity contribution is 0.354. The number of rotatable bonds is 6. The molecule has 0 bridgehead atoms. The molecule has 2 aromatic rings. The maximum absolute atomic E-state index is 6.22. The summed E-state index contributed by atoms with van der Waals surface area (Å²) in [5, 5.41) is 8.14. The first-order chi connectivity index (χ1) is 10.1. The quantitative estimate of drug-likeness (QED) is 0.891. The number of ether oxygens (including phenoxy) is 2. The third-order valence-electron chi connectivity index (χ3n) is 3.50. The number of benzene rings is 1. The molecule has 0 saturated carbocycles. The smallest absolute Gasteiger partial charge is 0.160 e. The zero-order chi connectivity index (χ0) is 15.4. The topological polar surface area (TPSA) is 48.3 Å². The van der Waals surface area contributed by atoms with E-state index in [9.17, 15) is 0 Å². The Morgan fingerprint density at radius 1 is 1.29 bits per heavy atom. The second-order valence-electron chi connectivity index (χ2n) is 4.74. The summed E-state index contributed by atoms with van der Waals surface area (Å²) in [5.41, 5.74) is 2.10. The van der Waals surface area contributed by atoms with Gasteiger partial charge in [0.05, 0.1) is 37.2 Å². The maximum Gasteiger partial charge on any atom is 0.160 e. The lowest BCUT2D eigenvalue weighted by Crippen LogP contribution is -2.22. The first-order valence-corrected chi connectivity index (χ1v) is 7.04. The molecule has 0 aliphatic carbocycles. The van der Waals surface area contributed by atoms with Crippen molar-refractivity contribution in [2.24, 2.45) is 7.05 Å². The lowest BCUT2D eigenvalue weighted by atomic mass is 10.0. The Bertz CT molecular complexity index is 593. The first kappa shape index (κ1) is 15.7. The molecular formula is C15H20ClN3O2. The molecular weight excluding hydrogens is 290 g/mol. The van der Waals surface area contributed by atoms with Gasteiger partial charge in [0.2, 0.25) is 0 Å². The Labute approximate surface area is 129 Å². The Morgan fingerprint density at radius 2 is 2.00 bits per heavy atom. The molecule has 6 heteroatoms. The predicted octanol–water partition coefficient (Wildman–Crippen LogP) is 2.59. The van der Waals surface area contributed by atoms with Gasteiger partial charge in [0.25, 0.3) is 0 Å². The van der Waals surface area contributed by atoms with Crippen LogP contribution in [-0.4, -0.2) is 31.0 Å². The van der Waals surface area contributed by atoms with Crippen molar-refractivity contribution in [3.63, 3.8) is 0 Å². The maximum atomic E-state index is 6.22. The van der Waals surface area contributed by atoms with Crippen molar-refractivity contribution in [1.29, 1.82) is 0 Å². The van der Waals surface area contributed by atoms with E-state index >= 15 is 0 Å². The highest BCUT2D eigenvalue weighted by Gasteiger charge is 2.18. The molecule has 0 saturated heterocycles. The number of aryl methyl sites for hydroxylation is 1. The molecule has 1 aromatic carbocycles. The fourth-order valence-electron chi connectivity index (χ4n) is 2.39. The van der Waals surface area contributed by atoms with E-state index in [4.69, 9.17) is 21.1 Å². The number of nitrogens with one attached hydrogen (secondary N) is 1. The zero-order valence-electron chi connectivity index (χ0n) is 12.7. The van der Waals surface area contributed by atoms with Gasteiger partial charge in [-0.25, -0.2) is 0 Å². The molecule has 0 spiro atoms. The Balaban J connectivity index is 2.27. The molecule has 1 N–H and O–H groups in total. The number of halogens is 1. The number of aromatic nitrogens is 2. The number of methoxy groups -OCH3 is 2. The van der Waals surface area contributed by atoms with Crippen LogP contribution in [0.5, 0.6) is 11.5 Å². The second kappa shape index (κ2) is 6.83. The van der Waals surface area contributed by atoms with E-state index in [1.165, 1.54) is 0 Å². The molecule has 0 radical (unpaired) electrons. The molecule has 1 atom stereocenters. The summed E-state index contributed by atoms with van der Waals surface area (Å²) in [6, 6.07) is 5.98. The van der Waals surface area contributed by atoms with E-state index in [-0.39, 0.29) is 6.04 Å². The van der Waals surface area contributed by atoms with Crippen LogP contribution in [-0.2, 0) is 13.5 Å². The SMILES string of the molecule is CNC(Cc1ccc(OC)c(OC)c1)c1c(Cl)cnn1C. The van der Waals surface area contributed by atoms with E-state index < -0.39 is 0 Å². The van der Waals surface area contributed by atoms with E-state index in [1.807, 2.05) is 32.3 Å². The minimum Gasteiger partial charge on any atom is -0.493 e. The minimum absolute atomic E-state index is 0.0723. The highest BCUT2D eigenvalue weighted by atomic mass is 35.5. The fraction of sp³-hybridized carbons (Fsp3) is 0.400. The van der Waals surface area contributed by atoms with Gasteiger partial charge < -0.3 is 14.8 Å². The Morgan fingerprint density at radius 3 is 2.52 bits per heavy atom. The first-order valence-electron chi connectivity index (χ1n) is 6.66. The molecule has 21 heavy (non-hydrogen) atoms. The predicted molar refractivity (Wildman–Crippen MR) is 83.3 cm³/mol. The molecule has 0 fully saturated rings. The average molecular weight is 310 g/mol. The standard InChI is InChI=1S/C15H20ClN3O2/c1-17-12(15-11(16)9-18-19(15)2)7-10-5-6-13(20-3)14(8-10)21-4/h5-6,8-9,12,17H,7H2,1-4H3. The van der Waals surface area contributed by atoms with Gasteiger partial charge in [-0.05, 0) is 31.2 Å². The molecule has 1 unspecified atom stereocenters. The summed E-state index contributed by atoms with van der Waals surface area (Å²) in [6.07, 6.45) is 2.44. The van der Waals surface area contributed by atoms with Gasteiger partial charge in [-0.1, -0.05) is 17.7 Å². The van der Waals surface area contributed by atoms with Crippen LogP contribution in [0.4, 0.5) is 0 Å². The van der Waals surface area contributed by atoms with E-state index in [1.54, 1.807) is 25.1 Å². The molecule has 0 amide bonds. The molecule has 2 rings (SSSR count). The third kappa shape index (κ3) is 3.31. The molecule has 114 valence electrons. The van der Waals surface area contributed by atoms with Crippen LogP contribution < -0.4 is 14.8 Å². The van der Waals surface area contributed by atoms with Gasteiger partial charge in [0, 0.05) is 7.05 Å². The van der Waals surface area contributed by atoms with Crippen molar-refractivity contribution in [3.8, 4) is 11.5 Å². The van der Waals surface area contributed by atoms with Crippen molar-refractivity contribution >= 4 is 11.6 Å². The van der Waals surface area contributed by atoms with Crippen molar-refractivity contribution in [3.05, 3.63) is 40.7 Å². The van der Waals surface area contributed by atoms with Crippen molar-refractivity contribution < 1.29 is 9.47 Å². The van der Waals surface area contributed by atoms with Crippen LogP contribution in [0.3, 0.4) is 0 Å². The van der Waals surface area contributed by atoms with E-state index in [0.29, 0.717) is 5.02 Å². The number of hydrogen-bond donors (Lipinski definition) is 1. The van der Waals surface area contributed by atoms with Gasteiger partial charge in [0.1, 0.15) is 0 Å². The van der Waals surface area contributed by atoms with Crippen molar-refractivity contribution in [2.75, 3.05) is 21.3 Å². The summed E-state index contributed by atoms with van der Waals surface area (Å²) in [6.45, 7) is 0. The highest BCUT2D eigenvalue weighted by molar-refractivity contribution is 6.31. The van der Waals surface area contributed by atoms with Crippen molar-refractivity contribution in [1.82, 2.24) is 15.1 Å². The summed E-state index contributed by atoms with van der Waals surface area (Å²) in [5.74, 6) is 1.45. The van der Waals surface area contributed by atoms with Gasteiger partial charge in [0.15, 0.2) is 11.5 Å². The molecule has 1 heterocycles. The minimum atomic E-state index is 0.0723. The molecule has 0 aliphatic rings. The molecule has 5 nitrogen and oxygen atoms in total. The van der Waals surface area contributed by atoms with Crippen LogP contribution in [0.2, 0.25) is 5.02 Å². The zero-order valence-corrected chi connectivity index (χ0v) is 13.4. The fourth-order valence-corrected chi connectivity index (χ4v) is 2.69. The van der Waals surface area contributed by atoms with Gasteiger partial charge >= 0.3 is 0 Å². The van der Waals surface area contributed by atoms with Crippen LogP contribution in [0, 0.1) is 0 Å². The summed E-state index contributed by atoms with van der Waals surface area (Å²) in [4.78, 5) is 0. The summed E-state index contributed by atoms with van der Waals surface area (Å²) in [7, 11) is 7.06. The van der Waals surface area contributed by atoms with Crippen LogP contribution in [0.25, 0.3) is 0 Å². The van der Waals surface area contributed by atoms with E-state index in [2.05, 4.69) is 10.4 Å². The van der Waals surface area contributed by atoms with Gasteiger partial charge in [-0.15, -0.1) is 0 Å².